The monoisotopic (exact) mass is 119 g/mol. The second kappa shape index (κ2) is 2.35. The molecule has 0 radical (unpaired) electrons. The zero-order chi connectivity index (χ0) is 6.69. The maximum absolute atomic E-state index is 3.63. The molecule has 0 aliphatic rings. The second-order valence-electron chi connectivity index (χ2n) is 1.78. The molecular weight excluding hydrogens is 110 g/mol. The molecule has 1 aromatic rings. The van der Waals surface area contributed by atoms with Gasteiger partial charge in [-0.25, -0.2) is 0 Å². The molecule has 46 valence electrons. The summed E-state index contributed by atoms with van der Waals surface area (Å²) in [5.41, 5.74) is 1.12. The van der Waals surface area contributed by atoms with E-state index in [2.05, 4.69) is 13.2 Å². The summed E-state index contributed by atoms with van der Waals surface area (Å²) in [7, 11) is 0. The van der Waals surface area contributed by atoms with E-state index in [1.54, 1.807) is 12.3 Å². The molecule has 0 saturated heterocycles. The van der Waals surface area contributed by atoms with Gasteiger partial charge in [0.1, 0.15) is 0 Å². The van der Waals surface area contributed by atoms with Crippen molar-refractivity contribution in [3.63, 3.8) is 0 Å². The summed E-state index contributed by atoms with van der Waals surface area (Å²) >= 11 is 0. The van der Waals surface area contributed by atoms with Gasteiger partial charge >= 0.3 is 0 Å². The summed E-state index contributed by atoms with van der Waals surface area (Å²) in [6.07, 6.45) is 7.44. The minimum absolute atomic E-state index is 1.12. The molecular formula is C8H9N. The van der Waals surface area contributed by atoms with Gasteiger partial charge in [0, 0.05) is 18.6 Å². The molecule has 0 aliphatic heterocycles. The van der Waals surface area contributed by atoms with Crippen LogP contribution in [0.15, 0.2) is 31.6 Å². The van der Waals surface area contributed by atoms with Crippen molar-refractivity contribution in [2.75, 3.05) is 0 Å². The van der Waals surface area contributed by atoms with Crippen LogP contribution in [0.5, 0.6) is 0 Å². The molecule has 1 aromatic heterocycles. The Morgan fingerprint density at radius 2 is 2.22 bits per heavy atom. The summed E-state index contributed by atoms with van der Waals surface area (Å²) in [6, 6.07) is 1.98. The first-order valence-corrected chi connectivity index (χ1v) is 2.79. The summed E-state index contributed by atoms with van der Waals surface area (Å²) in [5, 5.41) is 0. The van der Waals surface area contributed by atoms with E-state index >= 15 is 0 Å². The molecule has 1 heterocycles. The van der Waals surface area contributed by atoms with Crippen LogP contribution >= 0.6 is 0 Å². The molecule has 0 atom stereocenters. The van der Waals surface area contributed by atoms with Crippen molar-refractivity contribution in [2.24, 2.45) is 0 Å². The molecule has 1 heteroatoms. The van der Waals surface area contributed by atoms with Crippen LogP contribution in [0.25, 0.3) is 12.3 Å². The van der Waals surface area contributed by atoms with Crippen LogP contribution in [0.3, 0.4) is 0 Å². The van der Waals surface area contributed by atoms with E-state index in [0.29, 0.717) is 0 Å². The zero-order valence-electron chi connectivity index (χ0n) is 5.25. The third-order valence-corrected chi connectivity index (χ3v) is 1.18. The van der Waals surface area contributed by atoms with Crippen LogP contribution in [0, 0.1) is 0 Å². The fraction of sp³-hybridized carbons (Fsp3) is 0. The van der Waals surface area contributed by atoms with Crippen LogP contribution in [0.1, 0.15) is 5.56 Å². The van der Waals surface area contributed by atoms with E-state index in [1.165, 1.54) is 0 Å². The zero-order valence-corrected chi connectivity index (χ0v) is 5.25. The van der Waals surface area contributed by atoms with Crippen LogP contribution in [-0.2, 0) is 0 Å². The third kappa shape index (κ3) is 1.11. The maximum Gasteiger partial charge on any atom is 0.0155 e. The lowest BCUT2D eigenvalue weighted by molar-refractivity contribution is 1.17. The topological polar surface area (TPSA) is 4.93 Å². The van der Waals surface area contributed by atoms with E-state index < -0.39 is 0 Å². The van der Waals surface area contributed by atoms with Gasteiger partial charge in [0.15, 0.2) is 0 Å². The van der Waals surface area contributed by atoms with E-state index in [1.807, 2.05) is 23.0 Å². The van der Waals surface area contributed by atoms with E-state index in [9.17, 15) is 0 Å². The highest BCUT2D eigenvalue weighted by atomic mass is 14.9. The summed E-state index contributed by atoms with van der Waals surface area (Å²) < 4.78 is 1.89. The minimum atomic E-state index is 1.12. The minimum Gasteiger partial charge on any atom is -0.331 e. The highest BCUT2D eigenvalue weighted by molar-refractivity contribution is 5.46. The van der Waals surface area contributed by atoms with Gasteiger partial charge in [-0.2, -0.15) is 0 Å². The van der Waals surface area contributed by atoms with Gasteiger partial charge in [0.2, 0.25) is 0 Å². The van der Waals surface area contributed by atoms with Gasteiger partial charge < -0.3 is 4.57 Å². The first-order chi connectivity index (χ1) is 4.36. The maximum atomic E-state index is 3.63. The molecule has 1 rings (SSSR count). The van der Waals surface area contributed by atoms with Crippen molar-refractivity contribution >= 4 is 12.3 Å². The Labute approximate surface area is 54.9 Å². The first kappa shape index (κ1) is 5.89. The fourth-order valence-electron chi connectivity index (χ4n) is 0.665. The molecule has 0 N–H and O–H groups in total. The molecule has 1 nitrogen and oxygen atoms in total. The molecule has 0 aromatic carbocycles. The molecule has 0 unspecified atom stereocenters. The van der Waals surface area contributed by atoms with Crippen molar-refractivity contribution in [3.05, 3.63) is 37.2 Å². The van der Waals surface area contributed by atoms with Crippen molar-refractivity contribution in [1.82, 2.24) is 4.57 Å². The lowest BCUT2D eigenvalue weighted by Gasteiger charge is -1.84. The Hall–Kier alpha value is -1.24. The highest BCUT2D eigenvalue weighted by Crippen LogP contribution is 2.01. The molecule has 0 saturated carbocycles. The van der Waals surface area contributed by atoms with Crippen molar-refractivity contribution in [3.8, 4) is 0 Å². The average Bonchev–Trinajstić information content (AvgIpc) is 2.34. The Morgan fingerprint density at radius 3 is 2.56 bits per heavy atom. The Morgan fingerprint density at radius 1 is 1.44 bits per heavy atom. The van der Waals surface area contributed by atoms with Crippen molar-refractivity contribution < 1.29 is 0 Å². The molecule has 0 spiro atoms. The first-order valence-electron chi connectivity index (χ1n) is 2.79. The molecule has 0 amide bonds. The number of hydrogen-bond donors (Lipinski definition) is 0. The lowest BCUT2D eigenvalue weighted by Crippen LogP contribution is -1.74. The third-order valence-electron chi connectivity index (χ3n) is 1.18. The molecule has 0 bridgehead atoms. The van der Waals surface area contributed by atoms with Gasteiger partial charge in [-0.05, 0) is 11.6 Å². The Kier molecular flexibility index (Phi) is 1.54. The van der Waals surface area contributed by atoms with Gasteiger partial charge in [-0.15, -0.1) is 0 Å². The van der Waals surface area contributed by atoms with Crippen LogP contribution in [0.4, 0.5) is 0 Å². The normalized spacial score (nSPS) is 8.89. The lowest BCUT2D eigenvalue weighted by atomic mass is 10.3. The van der Waals surface area contributed by atoms with Gasteiger partial charge in [0.25, 0.3) is 0 Å². The molecule has 9 heavy (non-hydrogen) atoms. The molecule has 0 aliphatic carbocycles. The standard InChI is InChI=1S/C8H9N/c1-3-8-5-6-9(4-2)7-8/h3-7H,1-2H2. The molecule has 0 fully saturated rings. The highest BCUT2D eigenvalue weighted by Gasteiger charge is 1.85. The Bertz CT molecular complexity index is 198. The van der Waals surface area contributed by atoms with E-state index in [4.69, 9.17) is 0 Å². The smallest absolute Gasteiger partial charge is 0.0155 e. The van der Waals surface area contributed by atoms with Crippen molar-refractivity contribution in [2.45, 2.75) is 0 Å². The number of nitrogens with zero attached hydrogens (tertiary/aromatic N) is 1. The predicted octanol–water partition coefficient (Wildman–Crippen LogP) is 2.23. The largest absolute Gasteiger partial charge is 0.331 e. The van der Waals surface area contributed by atoms with Gasteiger partial charge in [-0.3, -0.25) is 0 Å². The summed E-state index contributed by atoms with van der Waals surface area (Å²) in [6.45, 7) is 7.24. The number of rotatable bonds is 2. The van der Waals surface area contributed by atoms with E-state index in [-0.39, 0.29) is 0 Å². The van der Waals surface area contributed by atoms with Gasteiger partial charge in [0.05, 0.1) is 0 Å². The average molecular weight is 119 g/mol. The van der Waals surface area contributed by atoms with Gasteiger partial charge in [-0.1, -0.05) is 19.2 Å². The SMILES string of the molecule is C=Cc1ccn(C=C)c1. The van der Waals surface area contributed by atoms with Crippen LogP contribution in [0.2, 0.25) is 0 Å². The number of hydrogen-bond acceptors (Lipinski definition) is 0. The van der Waals surface area contributed by atoms with Crippen LogP contribution < -0.4 is 0 Å². The Balaban J connectivity index is 2.98. The fourth-order valence-corrected chi connectivity index (χ4v) is 0.665. The predicted molar refractivity (Wildman–Crippen MR) is 40.9 cm³/mol. The van der Waals surface area contributed by atoms with Crippen molar-refractivity contribution in [1.29, 1.82) is 0 Å². The van der Waals surface area contributed by atoms with Crippen LogP contribution in [-0.4, -0.2) is 4.57 Å². The second-order valence-corrected chi connectivity index (χ2v) is 1.78. The number of aromatic nitrogens is 1. The summed E-state index contributed by atoms with van der Waals surface area (Å²) in [5.74, 6) is 0. The van der Waals surface area contributed by atoms with E-state index in [0.717, 1.165) is 5.56 Å². The quantitative estimate of drug-likeness (QED) is 0.562. The summed E-state index contributed by atoms with van der Waals surface area (Å²) in [4.78, 5) is 0.